The number of carbonyl (C=O) groups is 2. The molecule has 0 aliphatic rings. The lowest BCUT2D eigenvalue weighted by Gasteiger charge is -2.25. The molecule has 2 nitrogen and oxygen atoms in total. The fourth-order valence-electron chi connectivity index (χ4n) is 5.16. The fraction of sp³-hybridized carbons (Fsp3) is 0.368. The smallest absolute Gasteiger partial charge is 0.199 e. The molecule has 0 bridgehead atoms. The molecule has 0 N–H and O–H groups in total. The van der Waals surface area contributed by atoms with Crippen LogP contribution in [0.4, 0.5) is 0 Å². The molecule has 0 aliphatic heterocycles. The van der Waals surface area contributed by atoms with Gasteiger partial charge in [0.1, 0.15) is 0 Å². The van der Waals surface area contributed by atoms with Crippen molar-refractivity contribution < 1.29 is 9.59 Å². The Hall–Kier alpha value is -2.82. The quantitative estimate of drug-likeness (QED) is 0.152. The zero-order valence-corrected chi connectivity index (χ0v) is 27.5. The van der Waals surface area contributed by atoms with Crippen LogP contribution in [0.15, 0.2) is 107 Å². The predicted molar refractivity (Wildman–Crippen MR) is 181 cm³/mol. The van der Waals surface area contributed by atoms with Crippen LogP contribution in [0.1, 0.15) is 90.2 Å². The molecular formula is C38H44O2S2. The van der Waals surface area contributed by atoms with Crippen molar-refractivity contribution in [2.45, 2.75) is 88.9 Å². The topological polar surface area (TPSA) is 34.1 Å². The fourth-order valence-corrected chi connectivity index (χ4v) is 7.19. The van der Waals surface area contributed by atoms with E-state index in [0.29, 0.717) is 11.8 Å². The van der Waals surface area contributed by atoms with Crippen LogP contribution in [0.3, 0.4) is 0 Å². The highest BCUT2D eigenvalue weighted by Gasteiger charge is 2.31. The van der Waals surface area contributed by atoms with E-state index < -0.39 is 10.8 Å². The van der Waals surface area contributed by atoms with E-state index in [2.05, 4.69) is 102 Å². The van der Waals surface area contributed by atoms with Gasteiger partial charge in [-0.15, -0.1) is 0 Å². The predicted octanol–water partition coefficient (Wildman–Crippen LogP) is 11.3. The van der Waals surface area contributed by atoms with Gasteiger partial charge >= 0.3 is 0 Å². The van der Waals surface area contributed by atoms with Gasteiger partial charge in [-0.3, -0.25) is 9.59 Å². The van der Waals surface area contributed by atoms with Crippen LogP contribution in [0, 0.1) is 10.8 Å². The Morgan fingerprint density at radius 1 is 0.548 bits per heavy atom. The lowest BCUT2D eigenvalue weighted by molar-refractivity contribution is -0.119. The summed E-state index contributed by atoms with van der Waals surface area (Å²) < 4.78 is 0. The molecule has 0 spiro atoms. The Morgan fingerprint density at radius 2 is 0.905 bits per heavy atom. The van der Waals surface area contributed by atoms with Crippen molar-refractivity contribution in [1.82, 2.24) is 0 Å². The first kappa shape index (κ1) is 32.1. The number of rotatable bonds is 12. The van der Waals surface area contributed by atoms with Crippen molar-refractivity contribution in [2.75, 3.05) is 0 Å². The van der Waals surface area contributed by atoms with E-state index in [4.69, 9.17) is 0 Å². The standard InChI is InChI=1S/C38H44O2S2/c1-27(29-15-9-7-10-16-29)23-25-37(3,4)35(39)41-33-21-13-20-32-31(33)19-14-22-34(32)42-36(40)38(5,6)26-24-28(2)30-17-11-8-12-18-30/h7-22,27-28H,23-26H2,1-6H3. The van der Waals surface area contributed by atoms with Crippen molar-refractivity contribution in [3.05, 3.63) is 108 Å². The second-order valence-electron chi connectivity index (χ2n) is 12.9. The number of hydrogen-bond acceptors (Lipinski definition) is 4. The molecule has 4 heteroatoms. The Labute approximate surface area is 261 Å². The van der Waals surface area contributed by atoms with Gasteiger partial charge in [-0.2, -0.15) is 0 Å². The summed E-state index contributed by atoms with van der Waals surface area (Å²) in [7, 11) is 0. The Bertz CT molecular complexity index is 1380. The molecular weight excluding hydrogens is 553 g/mol. The minimum Gasteiger partial charge on any atom is -0.286 e. The molecule has 0 saturated carbocycles. The van der Waals surface area contributed by atoms with E-state index in [0.717, 1.165) is 46.2 Å². The zero-order valence-electron chi connectivity index (χ0n) is 25.9. The summed E-state index contributed by atoms with van der Waals surface area (Å²) in [6, 6.07) is 33.2. The lowest BCUT2D eigenvalue weighted by atomic mass is 9.84. The number of fused-ring (bicyclic) bond motifs is 1. The van der Waals surface area contributed by atoms with E-state index in [1.807, 2.05) is 36.4 Å². The largest absolute Gasteiger partial charge is 0.286 e. The van der Waals surface area contributed by atoms with Crippen LogP contribution < -0.4 is 0 Å². The second-order valence-corrected chi connectivity index (χ2v) is 14.9. The van der Waals surface area contributed by atoms with E-state index in [1.165, 1.54) is 34.7 Å². The van der Waals surface area contributed by atoms with Crippen molar-refractivity contribution in [2.24, 2.45) is 10.8 Å². The molecule has 2 unspecified atom stereocenters. The SMILES string of the molecule is CC(CCC(C)(C)C(=O)Sc1cccc2c(SC(=O)C(C)(C)CCC(C)c3ccccc3)cccc12)c1ccccc1. The molecule has 42 heavy (non-hydrogen) atoms. The second kappa shape index (κ2) is 14.1. The van der Waals surface area contributed by atoms with Crippen LogP contribution in [-0.2, 0) is 9.59 Å². The van der Waals surface area contributed by atoms with E-state index in [-0.39, 0.29) is 10.2 Å². The number of benzene rings is 4. The molecule has 220 valence electrons. The maximum Gasteiger partial charge on any atom is 0.199 e. The van der Waals surface area contributed by atoms with Crippen molar-refractivity contribution >= 4 is 44.5 Å². The minimum atomic E-state index is -0.445. The van der Waals surface area contributed by atoms with Gasteiger partial charge in [0.15, 0.2) is 10.2 Å². The summed E-state index contributed by atoms with van der Waals surface area (Å²) in [6.45, 7) is 12.7. The Morgan fingerprint density at radius 3 is 1.26 bits per heavy atom. The van der Waals surface area contributed by atoms with Crippen LogP contribution in [0.5, 0.6) is 0 Å². The van der Waals surface area contributed by atoms with Gasteiger partial charge in [0.25, 0.3) is 0 Å². The maximum atomic E-state index is 13.6. The average Bonchev–Trinajstić information content (AvgIpc) is 3.00. The highest BCUT2D eigenvalue weighted by Crippen LogP contribution is 2.42. The third kappa shape index (κ3) is 8.17. The van der Waals surface area contributed by atoms with Gasteiger partial charge in [-0.05, 0) is 71.6 Å². The van der Waals surface area contributed by atoms with Crippen molar-refractivity contribution in [3.63, 3.8) is 0 Å². The number of hydrogen-bond donors (Lipinski definition) is 0. The van der Waals surface area contributed by atoms with Crippen LogP contribution in [0.25, 0.3) is 10.8 Å². The van der Waals surface area contributed by atoms with E-state index in [1.54, 1.807) is 0 Å². The number of carbonyl (C=O) groups excluding carboxylic acids is 2. The van der Waals surface area contributed by atoms with Crippen LogP contribution in [0.2, 0.25) is 0 Å². The van der Waals surface area contributed by atoms with Crippen molar-refractivity contribution in [1.29, 1.82) is 0 Å². The molecule has 4 rings (SSSR count). The third-order valence-electron chi connectivity index (χ3n) is 8.49. The average molecular weight is 597 g/mol. The first-order chi connectivity index (χ1) is 20.0. The highest BCUT2D eigenvalue weighted by atomic mass is 32.2. The Balaban J connectivity index is 1.43. The molecule has 0 amide bonds. The molecule has 0 aromatic heterocycles. The van der Waals surface area contributed by atoms with Crippen LogP contribution >= 0.6 is 23.5 Å². The molecule has 0 radical (unpaired) electrons. The summed E-state index contributed by atoms with van der Waals surface area (Å²) in [4.78, 5) is 29.0. The molecule has 0 saturated heterocycles. The molecule has 4 aromatic carbocycles. The summed E-state index contributed by atoms with van der Waals surface area (Å²) >= 11 is 2.67. The van der Waals surface area contributed by atoms with E-state index in [9.17, 15) is 9.59 Å². The summed E-state index contributed by atoms with van der Waals surface area (Å²) in [5.41, 5.74) is 1.74. The monoisotopic (exact) mass is 596 g/mol. The molecule has 0 aliphatic carbocycles. The molecule has 4 aromatic rings. The first-order valence-electron chi connectivity index (χ1n) is 15.0. The lowest BCUT2D eigenvalue weighted by Crippen LogP contribution is -2.22. The van der Waals surface area contributed by atoms with Gasteiger partial charge in [-0.1, -0.05) is 150 Å². The highest BCUT2D eigenvalue weighted by molar-refractivity contribution is 8.14. The normalized spacial score (nSPS) is 13.6. The van der Waals surface area contributed by atoms with Gasteiger partial charge in [-0.25, -0.2) is 0 Å². The maximum absolute atomic E-state index is 13.6. The van der Waals surface area contributed by atoms with Crippen molar-refractivity contribution in [3.8, 4) is 0 Å². The van der Waals surface area contributed by atoms with Gasteiger partial charge < -0.3 is 0 Å². The number of thioether (sulfide) groups is 2. The first-order valence-corrected chi connectivity index (χ1v) is 16.7. The molecule has 2 atom stereocenters. The molecule has 0 fully saturated rings. The summed E-state index contributed by atoms with van der Waals surface area (Å²) in [5, 5.41) is 2.41. The van der Waals surface area contributed by atoms with Gasteiger partial charge in [0.05, 0.1) is 0 Å². The van der Waals surface area contributed by atoms with Crippen LogP contribution in [-0.4, -0.2) is 10.2 Å². The van der Waals surface area contributed by atoms with Gasteiger partial charge in [0, 0.05) is 20.6 Å². The third-order valence-corrected chi connectivity index (χ3v) is 11.1. The molecule has 0 heterocycles. The summed E-state index contributed by atoms with van der Waals surface area (Å²) in [6.07, 6.45) is 3.57. The minimum absolute atomic E-state index is 0.179. The van der Waals surface area contributed by atoms with Gasteiger partial charge in [0.2, 0.25) is 0 Å². The van der Waals surface area contributed by atoms with E-state index >= 15 is 0 Å². The Kier molecular flexibility index (Phi) is 10.8. The summed E-state index contributed by atoms with van der Waals surface area (Å²) in [5.74, 6) is 0.813. The zero-order chi connectivity index (χ0) is 30.3.